The number of hydrogen-bond donors (Lipinski definition) is 1. The molecule has 21 heavy (non-hydrogen) atoms. The van der Waals surface area contributed by atoms with E-state index in [1.165, 1.54) is 11.3 Å². The number of aromatic nitrogens is 4. The van der Waals surface area contributed by atoms with Gasteiger partial charge in [0, 0.05) is 18.7 Å². The number of fused-ring (bicyclic) bond motifs is 1. The van der Waals surface area contributed by atoms with Gasteiger partial charge < -0.3 is 10.5 Å². The van der Waals surface area contributed by atoms with Crippen LogP contribution in [0.4, 0.5) is 0 Å². The maximum atomic E-state index is 5.70. The van der Waals surface area contributed by atoms with E-state index >= 15 is 0 Å². The SMILES string of the molecule is NCc1cccc(-c2nn3c(C4CCCO4)nnc3s2)c1. The zero-order chi connectivity index (χ0) is 14.2. The first-order valence-electron chi connectivity index (χ1n) is 6.98. The number of benzene rings is 1. The van der Waals surface area contributed by atoms with Crippen LogP contribution in [0.25, 0.3) is 15.5 Å². The molecule has 0 radical (unpaired) electrons. The Labute approximate surface area is 125 Å². The lowest BCUT2D eigenvalue weighted by Gasteiger charge is -2.04. The minimum absolute atomic E-state index is 0.0188. The molecule has 1 saturated heterocycles. The first kappa shape index (κ1) is 12.9. The second-order valence-corrected chi connectivity index (χ2v) is 6.02. The molecule has 3 heterocycles. The average Bonchev–Trinajstić information content (AvgIpc) is 3.23. The van der Waals surface area contributed by atoms with Crippen molar-refractivity contribution in [3.8, 4) is 10.6 Å². The highest BCUT2D eigenvalue weighted by molar-refractivity contribution is 7.19. The number of rotatable bonds is 3. The van der Waals surface area contributed by atoms with Crippen LogP contribution >= 0.6 is 11.3 Å². The van der Waals surface area contributed by atoms with Gasteiger partial charge in [-0.1, -0.05) is 29.5 Å². The van der Waals surface area contributed by atoms with E-state index in [-0.39, 0.29) is 6.10 Å². The molecule has 3 aromatic rings. The van der Waals surface area contributed by atoms with Gasteiger partial charge in [0.2, 0.25) is 4.96 Å². The summed E-state index contributed by atoms with van der Waals surface area (Å²) in [6.07, 6.45) is 2.07. The molecule has 0 saturated carbocycles. The van der Waals surface area contributed by atoms with E-state index in [1.54, 1.807) is 0 Å². The fourth-order valence-electron chi connectivity index (χ4n) is 2.56. The summed E-state index contributed by atoms with van der Waals surface area (Å²) in [5.41, 5.74) is 7.85. The summed E-state index contributed by atoms with van der Waals surface area (Å²) in [7, 11) is 0. The third-order valence-corrected chi connectivity index (χ3v) is 4.59. The second kappa shape index (κ2) is 5.18. The Hall–Kier alpha value is -1.83. The Morgan fingerprint density at radius 3 is 3.14 bits per heavy atom. The summed E-state index contributed by atoms with van der Waals surface area (Å²) in [5.74, 6) is 0.806. The second-order valence-electron chi connectivity index (χ2n) is 5.07. The molecular weight excluding hydrogens is 286 g/mol. The molecule has 1 fully saturated rings. The van der Waals surface area contributed by atoms with Crippen molar-refractivity contribution in [2.45, 2.75) is 25.5 Å². The molecule has 1 aliphatic heterocycles. The van der Waals surface area contributed by atoms with Gasteiger partial charge in [-0.15, -0.1) is 10.2 Å². The van der Waals surface area contributed by atoms with Gasteiger partial charge >= 0.3 is 0 Å². The molecule has 1 aromatic carbocycles. The van der Waals surface area contributed by atoms with Gasteiger partial charge in [0.25, 0.3) is 0 Å². The molecule has 1 atom stereocenters. The molecule has 0 bridgehead atoms. The Bertz CT molecular complexity index is 775. The van der Waals surface area contributed by atoms with Crippen LogP contribution in [0.5, 0.6) is 0 Å². The molecular formula is C14H15N5OS. The van der Waals surface area contributed by atoms with Crippen molar-refractivity contribution in [3.05, 3.63) is 35.7 Å². The largest absolute Gasteiger partial charge is 0.370 e. The van der Waals surface area contributed by atoms with E-state index in [9.17, 15) is 0 Å². The normalized spacial score (nSPS) is 18.6. The van der Waals surface area contributed by atoms with Crippen LogP contribution in [-0.4, -0.2) is 26.4 Å². The van der Waals surface area contributed by atoms with Crippen LogP contribution < -0.4 is 5.73 Å². The third kappa shape index (κ3) is 2.23. The van der Waals surface area contributed by atoms with Gasteiger partial charge in [-0.05, 0) is 24.5 Å². The Kier molecular flexibility index (Phi) is 3.17. The minimum atomic E-state index is 0.0188. The van der Waals surface area contributed by atoms with Crippen molar-refractivity contribution < 1.29 is 4.74 Å². The first-order chi connectivity index (χ1) is 10.3. The van der Waals surface area contributed by atoms with Gasteiger partial charge in [-0.25, -0.2) is 0 Å². The summed E-state index contributed by atoms with van der Waals surface area (Å²) < 4.78 is 7.49. The molecule has 1 unspecified atom stereocenters. The molecule has 2 aromatic heterocycles. The molecule has 6 nitrogen and oxygen atoms in total. The Morgan fingerprint density at radius 1 is 1.38 bits per heavy atom. The summed E-state index contributed by atoms with van der Waals surface area (Å²) in [5, 5.41) is 14.0. The van der Waals surface area contributed by atoms with Gasteiger partial charge in [0.05, 0.1) is 0 Å². The van der Waals surface area contributed by atoms with Crippen LogP contribution in [0.15, 0.2) is 24.3 Å². The van der Waals surface area contributed by atoms with E-state index < -0.39 is 0 Å². The van der Waals surface area contributed by atoms with E-state index in [1.807, 2.05) is 22.7 Å². The standard InChI is InChI=1S/C14H15N5OS/c15-8-9-3-1-4-10(7-9)13-18-19-12(11-5-2-6-20-11)16-17-14(19)21-13/h1,3-4,7,11H,2,5-6,8,15H2. The van der Waals surface area contributed by atoms with Crippen LogP contribution in [0, 0.1) is 0 Å². The van der Waals surface area contributed by atoms with Crippen molar-refractivity contribution in [2.24, 2.45) is 5.73 Å². The third-order valence-electron chi connectivity index (χ3n) is 3.64. The topological polar surface area (TPSA) is 78.3 Å². The summed E-state index contributed by atoms with van der Waals surface area (Å²) in [6.45, 7) is 1.31. The molecule has 0 spiro atoms. The van der Waals surface area contributed by atoms with Crippen molar-refractivity contribution in [1.29, 1.82) is 0 Å². The van der Waals surface area contributed by atoms with E-state index in [2.05, 4.69) is 21.4 Å². The lowest BCUT2D eigenvalue weighted by Crippen LogP contribution is -2.03. The number of nitrogens with two attached hydrogens (primary N) is 1. The molecule has 4 rings (SSSR count). The van der Waals surface area contributed by atoms with Gasteiger partial charge in [-0.3, -0.25) is 0 Å². The van der Waals surface area contributed by atoms with Crippen LogP contribution in [0.3, 0.4) is 0 Å². The summed E-state index contributed by atoms with van der Waals surface area (Å²) in [4.78, 5) is 0.800. The first-order valence-corrected chi connectivity index (χ1v) is 7.80. The summed E-state index contributed by atoms with van der Waals surface area (Å²) in [6, 6.07) is 8.12. The maximum Gasteiger partial charge on any atom is 0.235 e. The van der Waals surface area contributed by atoms with E-state index in [0.717, 1.165) is 46.4 Å². The van der Waals surface area contributed by atoms with Crippen molar-refractivity contribution in [2.75, 3.05) is 6.61 Å². The quantitative estimate of drug-likeness (QED) is 0.802. The number of hydrogen-bond acceptors (Lipinski definition) is 6. The van der Waals surface area contributed by atoms with Gasteiger partial charge in [-0.2, -0.15) is 9.61 Å². The smallest absolute Gasteiger partial charge is 0.235 e. The Morgan fingerprint density at radius 2 is 2.33 bits per heavy atom. The Balaban J connectivity index is 1.76. The van der Waals surface area contributed by atoms with Crippen molar-refractivity contribution in [3.63, 3.8) is 0 Å². The number of ether oxygens (including phenoxy) is 1. The van der Waals surface area contributed by atoms with Crippen LogP contribution in [0.2, 0.25) is 0 Å². The fraction of sp³-hybridized carbons (Fsp3) is 0.357. The zero-order valence-corrected chi connectivity index (χ0v) is 12.2. The predicted octanol–water partition coefficient (Wildman–Crippen LogP) is 2.16. The van der Waals surface area contributed by atoms with Gasteiger partial charge in [0.1, 0.15) is 11.1 Å². The molecule has 0 aliphatic carbocycles. The fourth-order valence-corrected chi connectivity index (χ4v) is 3.40. The average molecular weight is 301 g/mol. The lowest BCUT2D eigenvalue weighted by atomic mass is 10.1. The monoisotopic (exact) mass is 301 g/mol. The van der Waals surface area contributed by atoms with E-state index in [0.29, 0.717) is 6.54 Å². The predicted molar refractivity (Wildman–Crippen MR) is 79.9 cm³/mol. The molecule has 2 N–H and O–H groups in total. The number of nitrogens with zero attached hydrogens (tertiary/aromatic N) is 4. The van der Waals surface area contributed by atoms with Gasteiger partial charge in [0.15, 0.2) is 5.82 Å². The highest BCUT2D eigenvalue weighted by Gasteiger charge is 2.25. The van der Waals surface area contributed by atoms with Crippen LogP contribution in [0.1, 0.15) is 30.3 Å². The zero-order valence-electron chi connectivity index (χ0n) is 11.4. The molecule has 0 amide bonds. The minimum Gasteiger partial charge on any atom is -0.370 e. The maximum absolute atomic E-state index is 5.70. The lowest BCUT2D eigenvalue weighted by molar-refractivity contribution is 0.103. The van der Waals surface area contributed by atoms with Crippen molar-refractivity contribution in [1.82, 2.24) is 19.8 Å². The van der Waals surface area contributed by atoms with Crippen LogP contribution in [-0.2, 0) is 11.3 Å². The highest BCUT2D eigenvalue weighted by atomic mass is 32.1. The van der Waals surface area contributed by atoms with Crippen molar-refractivity contribution >= 4 is 16.3 Å². The molecule has 7 heteroatoms. The summed E-state index contributed by atoms with van der Waals surface area (Å²) >= 11 is 1.53. The highest BCUT2D eigenvalue weighted by Crippen LogP contribution is 2.31. The van der Waals surface area contributed by atoms with E-state index in [4.69, 9.17) is 10.5 Å². The molecule has 108 valence electrons. The molecule has 1 aliphatic rings.